The molecule has 2 aliphatic heterocycles. The van der Waals surface area contributed by atoms with Crippen LogP contribution in [0.1, 0.15) is 5.56 Å². The molecule has 9 nitrogen and oxygen atoms in total. The molecule has 31 heavy (non-hydrogen) atoms. The van der Waals surface area contributed by atoms with Crippen molar-refractivity contribution < 1.29 is 27.4 Å². The van der Waals surface area contributed by atoms with Crippen molar-refractivity contribution >= 4 is 15.9 Å². The van der Waals surface area contributed by atoms with Crippen molar-refractivity contribution in [2.75, 3.05) is 46.0 Å². The number of nitriles is 1. The fourth-order valence-electron chi connectivity index (χ4n) is 3.43. The largest absolute Gasteiger partial charge is 0.486 e. The van der Waals surface area contributed by atoms with Crippen LogP contribution in [-0.4, -0.2) is 69.5 Å². The molecule has 0 atom stereocenters. The van der Waals surface area contributed by atoms with E-state index in [2.05, 4.69) is 0 Å². The van der Waals surface area contributed by atoms with Gasteiger partial charge < -0.3 is 19.1 Å². The molecule has 2 aromatic carbocycles. The third-order valence-electron chi connectivity index (χ3n) is 5.10. The monoisotopic (exact) mass is 443 g/mol. The normalized spacial score (nSPS) is 16.4. The van der Waals surface area contributed by atoms with E-state index in [9.17, 15) is 13.2 Å². The average molecular weight is 443 g/mol. The molecule has 2 aromatic rings. The summed E-state index contributed by atoms with van der Waals surface area (Å²) in [6.07, 6.45) is 0. The zero-order valence-electron chi connectivity index (χ0n) is 16.7. The Morgan fingerprint density at radius 3 is 2.48 bits per heavy atom. The van der Waals surface area contributed by atoms with Gasteiger partial charge >= 0.3 is 0 Å². The van der Waals surface area contributed by atoms with Gasteiger partial charge in [0.25, 0.3) is 5.91 Å². The standard InChI is InChI=1S/C21H21N3O6S/c22-14-16-3-1-2-4-18(16)30-15-21(25)23-7-9-24(10-8-23)31(26,27)17-5-6-19-20(13-17)29-12-11-28-19/h1-6,13H,7-12,15H2. The summed E-state index contributed by atoms with van der Waals surface area (Å²) in [6, 6.07) is 13.3. The van der Waals surface area contributed by atoms with Crippen LogP contribution in [0, 0.1) is 11.3 Å². The summed E-state index contributed by atoms with van der Waals surface area (Å²) in [5, 5.41) is 9.09. The molecule has 0 saturated carbocycles. The van der Waals surface area contributed by atoms with Gasteiger partial charge in [-0.2, -0.15) is 9.57 Å². The Morgan fingerprint density at radius 2 is 1.74 bits per heavy atom. The number of fused-ring (bicyclic) bond motifs is 1. The number of benzene rings is 2. The number of hydrogen-bond donors (Lipinski definition) is 0. The second-order valence-electron chi connectivity index (χ2n) is 6.99. The molecule has 0 N–H and O–H groups in total. The minimum atomic E-state index is -3.72. The first-order valence-corrected chi connectivity index (χ1v) is 11.2. The average Bonchev–Trinajstić information content (AvgIpc) is 2.82. The van der Waals surface area contributed by atoms with E-state index in [-0.39, 0.29) is 43.6 Å². The molecule has 0 spiro atoms. The van der Waals surface area contributed by atoms with Gasteiger partial charge in [-0.15, -0.1) is 0 Å². The molecular weight excluding hydrogens is 422 g/mol. The van der Waals surface area contributed by atoms with Crippen LogP contribution in [0.5, 0.6) is 17.2 Å². The molecule has 1 amide bonds. The van der Waals surface area contributed by atoms with Crippen molar-refractivity contribution in [3.8, 4) is 23.3 Å². The van der Waals surface area contributed by atoms with Crippen molar-refractivity contribution in [3.63, 3.8) is 0 Å². The maximum Gasteiger partial charge on any atom is 0.260 e. The summed E-state index contributed by atoms with van der Waals surface area (Å²) in [7, 11) is -3.72. The Bertz CT molecular complexity index is 1120. The molecule has 162 valence electrons. The summed E-state index contributed by atoms with van der Waals surface area (Å²) in [4.78, 5) is 14.2. The van der Waals surface area contributed by atoms with Crippen molar-refractivity contribution in [1.29, 1.82) is 5.26 Å². The molecule has 1 fully saturated rings. The Labute approximate surface area is 180 Å². The topological polar surface area (TPSA) is 109 Å². The number of sulfonamides is 1. The number of para-hydroxylation sites is 1. The lowest BCUT2D eigenvalue weighted by molar-refractivity contribution is -0.134. The minimum Gasteiger partial charge on any atom is -0.486 e. The number of carbonyl (C=O) groups is 1. The summed E-state index contributed by atoms with van der Waals surface area (Å²) in [5.41, 5.74) is 0.352. The molecule has 1 saturated heterocycles. The molecular formula is C21H21N3O6S. The highest BCUT2D eigenvalue weighted by Crippen LogP contribution is 2.33. The third-order valence-corrected chi connectivity index (χ3v) is 7.00. The van der Waals surface area contributed by atoms with Gasteiger partial charge in [-0.05, 0) is 24.3 Å². The molecule has 10 heteroatoms. The second-order valence-corrected chi connectivity index (χ2v) is 8.92. The van der Waals surface area contributed by atoms with Gasteiger partial charge in [0.15, 0.2) is 18.1 Å². The highest BCUT2D eigenvalue weighted by atomic mass is 32.2. The van der Waals surface area contributed by atoms with Crippen LogP contribution in [0.3, 0.4) is 0 Å². The van der Waals surface area contributed by atoms with Crippen LogP contribution >= 0.6 is 0 Å². The van der Waals surface area contributed by atoms with Gasteiger partial charge in [-0.3, -0.25) is 4.79 Å². The highest BCUT2D eigenvalue weighted by molar-refractivity contribution is 7.89. The van der Waals surface area contributed by atoms with E-state index in [1.807, 2.05) is 6.07 Å². The van der Waals surface area contributed by atoms with E-state index in [4.69, 9.17) is 19.5 Å². The van der Waals surface area contributed by atoms with Gasteiger partial charge in [-0.25, -0.2) is 8.42 Å². The van der Waals surface area contributed by atoms with Crippen molar-refractivity contribution in [3.05, 3.63) is 48.0 Å². The first kappa shape index (κ1) is 21.0. The van der Waals surface area contributed by atoms with Crippen LogP contribution in [-0.2, 0) is 14.8 Å². The number of hydrogen-bond acceptors (Lipinski definition) is 7. The first-order chi connectivity index (χ1) is 15.0. The molecule has 0 aliphatic carbocycles. The Hall–Kier alpha value is -3.29. The van der Waals surface area contributed by atoms with E-state index in [1.54, 1.807) is 35.2 Å². The molecule has 4 rings (SSSR count). The van der Waals surface area contributed by atoms with Gasteiger partial charge in [0.2, 0.25) is 10.0 Å². The molecule has 0 aromatic heterocycles. The summed E-state index contributed by atoms with van der Waals surface area (Å²) in [6.45, 7) is 1.46. The quantitative estimate of drug-likeness (QED) is 0.684. The lowest BCUT2D eigenvalue weighted by atomic mass is 10.2. The van der Waals surface area contributed by atoms with Gasteiger partial charge in [0.05, 0.1) is 10.5 Å². The van der Waals surface area contributed by atoms with Gasteiger partial charge in [0.1, 0.15) is 25.0 Å². The summed E-state index contributed by atoms with van der Waals surface area (Å²) in [5.74, 6) is 1.02. The SMILES string of the molecule is N#Cc1ccccc1OCC(=O)N1CCN(S(=O)(=O)c2ccc3c(c2)OCCO3)CC1. The maximum atomic E-state index is 13.0. The van der Waals surface area contributed by atoms with E-state index in [0.717, 1.165) is 0 Å². The molecule has 0 radical (unpaired) electrons. The number of piperazine rings is 1. The van der Waals surface area contributed by atoms with Crippen molar-refractivity contribution in [2.45, 2.75) is 4.90 Å². The fraction of sp³-hybridized carbons (Fsp3) is 0.333. The highest BCUT2D eigenvalue weighted by Gasteiger charge is 2.31. The second kappa shape index (κ2) is 8.83. The lowest BCUT2D eigenvalue weighted by Crippen LogP contribution is -2.51. The number of ether oxygens (including phenoxy) is 3. The first-order valence-electron chi connectivity index (χ1n) is 9.78. The number of nitrogens with zero attached hydrogens (tertiary/aromatic N) is 3. The van der Waals surface area contributed by atoms with Crippen LogP contribution in [0.4, 0.5) is 0 Å². The maximum absolute atomic E-state index is 13.0. The fourth-order valence-corrected chi connectivity index (χ4v) is 4.86. The van der Waals surface area contributed by atoms with Crippen LogP contribution < -0.4 is 14.2 Å². The number of rotatable bonds is 5. The lowest BCUT2D eigenvalue weighted by Gasteiger charge is -2.34. The van der Waals surface area contributed by atoms with Crippen LogP contribution in [0.2, 0.25) is 0 Å². The zero-order valence-corrected chi connectivity index (χ0v) is 17.5. The molecule has 2 heterocycles. The Balaban J connectivity index is 1.35. The zero-order chi connectivity index (χ0) is 21.8. The van der Waals surface area contributed by atoms with Crippen molar-refractivity contribution in [1.82, 2.24) is 9.21 Å². The molecule has 2 aliphatic rings. The predicted octanol–water partition coefficient (Wildman–Crippen LogP) is 1.24. The predicted molar refractivity (Wildman–Crippen MR) is 109 cm³/mol. The van der Waals surface area contributed by atoms with Crippen LogP contribution in [0.25, 0.3) is 0 Å². The third kappa shape index (κ3) is 4.42. The van der Waals surface area contributed by atoms with E-state index in [1.165, 1.54) is 16.4 Å². The van der Waals surface area contributed by atoms with Gasteiger partial charge in [0, 0.05) is 32.2 Å². The minimum absolute atomic E-state index is 0.132. The van der Waals surface area contributed by atoms with Crippen molar-refractivity contribution in [2.24, 2.45) is 0 Å². The van der Waals surface area contributed by atoms with Gasteiger partial charge in [-0.1, -0.05) is 12.1 Å². The van der Waals surface area contributed by atoms with E-state index in [0.29, 0.717) is 36.0 Å². The van der Waals surface area contributed by atoms with Crippen LogP contribution in [0.15, 0.2) is 47.4 Å². The number of carbonyl (C=O) groups excluding carboxylic acids is 1. The van der Waals surface area contributed by atoms with E-state index < -0.39 is 10.0 Å². The smallest absolute Gasteiger partial charge is 0.260 e. The summed E-state index contributed by atoms with van der Waals surface area (Å²) < 4.78 is 43.8. The Kier molecular flexibility index (Phi) is 5.97. The number of amides is 1. The Morgan fingerprint density at radius 1 is 1.03 bits per heavy atom. The molecule has 0 unspecified atom stereocenters. The molecule has 0 bridgehead atoms. The summed E-state index contributed by atoms with van der Waals surface area (Å²) >= 11 is 0. The van der Waals surface area contributed by atoms with E-state index >= 15 is 0 Å².